The van der Waals surface area contributed by atoms with Crippen LogP contribution in [0.15, 0.2) is 31.5 Å². The van der Waals surface area contributed by atoms with Gasteiger partial charge in [-0.05, 0) is 32.4 Å². The number of hydrogen-bond donors (Lipinski definition) is 2. The topological polar surface area (TPSA) is 102 Å². The first-order chi connectivity index (χ1) is 14.3. The minimum atomic E-state index is -0.951. The number of carbonyl (C=O) groups is 1. The summed E-state index contributed by atoms with van der Waals surface area (Å²) in [6.07, 6.45) is 2.21. The van der Waals surface area contributed by atoms with Gasteiger partial charge < -0.3 is 19.3 Å². The van der Waals surface area contributed by atoms with Crippen LogP contribution in [0.2, 0.25) is 0 Å². The second kappa shape index (κ2) is 11.5. The minimum Gasteiger partial charge on any atom is -0.496 e. The molecule has 0 aromatic carbocycles. The van der Waals surface area contributed by atoms with Gasteiger partial charge in [0, 0.05) is 11.8 Å². The van der Waals surface area contributed by atoms with Crippen molar-refractivity contribution in [3.05, 3.63) is 28.3 Å². The largest absolute Gasteiger partial charge is 0.496 e. The lowest BCUT2D eigenvalue weighted by molar-refractivity contribution is -0.125. The highest BCUT2D eigenvalue weighted by Gasteiger charge is 2.40. The van der Waals surface area contributed by atoms with Gasteiger partial charge in [0.15, 0.2) is 0 Å². The fourth-order valence-electron chi connectivity index (χ4n) is 2.76. The monoisotopic (exact) mass is 455 g/mol. The summed E-state index contributed by atoms with van der Waals surface area (Å²) in [5.74, 6) is 1.73. The zero-order valence-corrected chi connectivity index (χ0v) is 19.5. The highest BCUT2D eigenvalue weighted by molar-refractivity contribution is 8.16. The van der Waals surface area contributed by atoms with Crippen LogP contribution >= 0.6 is 24.4 Å². The van der Waals surface area contributed by atoms with E-state index < -0.39 is 17.2 Å². The zero-order valence-electron chi connectivity index (χ0n) is 17.8. The Hall–Kier alpha value is -1.94. The molecule has 1 N–H and O–H groups in total. The number of amides is 1. The molecule has 0 aliphatic carbocycles. The number of nitrogens with one attached hydrogen (secondary N) is 1. The quantitative estimate of drug-likeness (QED) is 0.230. The van der Waals surface area contributed by atoms with E-state index in [1.807, 2.05) is 6.92 Å². The van der Waals surface area contributed by atoms with E-state index in [0.29, 0.717) is 41.0 Å². The molecule has 30 heavy (non-hydrogen) atoms. The van der Waals surface area contributed by atoms with Gasteiger partial charge >= 0.3 is 5.63 Å². The maximum Gasteiger partial charge on any atom is 0.339 e. The van der Waals surface area contributed by atoms with Crippen LogP contribution in [0, 0.1) is 0 Å². The van der Waals surface area contributed by atoms with Gasteiger partial charge in [-0.2, -0.15) is 12.6 Å². The average molecular weight is 456 g/mol. The third-order valence-electron chi connectivity index (χ3n) is 4.46. The number of rotatable bonds is 11. The number of ether oxygens (including phenoxy) is 1. The molecule has 1 amide bonds. The van der Waals surface area contributed by atoms with Crippen molar-refractivity contribution in [1.29, 1.82) is 0 Å². The summed E-state index contributed by atoms with van der Waals surface area (Å²) < 4.78 is 10.5. The second-order valence-electron chi connectivity index (χ2n) is 7.10. The molecule has 0 bridgehead atoms. The molecule has 0 saturated carbocycles. The van der Waals surface area contributed by atoms with Crippen LogP contribution in [0.25, 0.3) is 0 Å². The van der Waals surface area contributed by atoms with Crippen molar-refractivity contribution < 1.29 is 18.8 Å². The smallest absolute Gasteiger partial charge is 0.339 e. The molecule has 1 aliphatic heterocycles. The van der Waals surface area contributed by atoms with Crippen LogP contribution in [0.1, 0.15) is 51.8 Å². The average Bonchev–Trinajstić information content (AvgIpc) is 3.14. The summed E-state index contributed by atoms with van der Waals surface area (Å²) in [4.78, 5) is 34.7. The summed E-state index contributed by atoms with van der Waals surface area (Å²) in [5.41, 5.74) is -0.834. The zero-order chi connectivity index (χ0) is 22.1. The molecule has 166 valence electrons. The Morgan fingerprint density at radius 1 is 1.50 bits per heavy atom. The maximum absolute atomic E-state index is 13.1. The lowest BCUT2D eigenvalue weighted by Gasteiger charge is -2.24. The van der Waals surface area contributed by atoms with E-state index in [9.17, 15) is 9.59 Å². The van der Waals surface area contributed by atoms with Crippen molar-refractivity contribution in [2.75, 3.05) is 25.2 Å². The lowest BCUT2D eigenvalue weighted by atomic mass is 10.0. The highest BCUT2D eigenvalue weighted by atomic mass is 32.2. The van der Waals surface area contributed by atoms with Crippen molar-refractivity contribution in [1.82, 2.24) is 5.32 Å². The molecular formula is C20H29N3O5S2. The minimum absolute atomic E-state index is 0.238. The lowest BCUT2D eigenvalue weighted by Crippen LogP contribution is -2.45. The Morgan fingerprint density at radius 3 is 2.93 bits per heavy atom. The predicted octanol–water partition coefficient (Wildman–Crippen LogP) is 3.22. The molecular weight excluding hydrogens is 426 g/mol. The summed E-state index contributed by atoms with van der Waals surface area (Å²) in [6.45, 7) is 6.07. The Labute approximate surface area is 186 Å². The van der Waals surface area contributed by atoms with Gasteiger partial charge in [0.1, 0.15) is 34.4 Å². The van der Waals surface area contributed by atoms with E-state index in [1.165, 1.54) is 24.9 Å². The Bertz CT molecular complexity index is 855. The van der Waals surface area contributed by atoms with Crippen LogP contribution in [0.3, 0.4) is 0 Å². The SMILES string of the molecule is CCCC(NC(=O)C1(C)CSC(/C(C)=N/OCCCS)=N1)c1cc(OC)cc(=O)o1. The summed E-state index contributed by atoms with van der Waals surface area (Å²) >= 11 is 5.60. The molecule has 8 nitrogen and oxygen atoms in total. The van der Waals surface area contributed by atoms with Crippen LogP contribution in [0.4, 0.5) is 0 Å². The van der Waals surface area contributed by atoms with Crippen molar-refractivity contribution in [2.24, 2.45) is 10.1 Å². The molecule has 1 aromatic rings. The fourth-order valence-corrected chi connectivity index (χ4v) is 4.02. The van der Waals surface area contributed by atoms with Gasteiger partial charge in [-0.15, -0.1) is 11.8 Å². The first-order valence-corrected chi connectivity index (χ1v) is 11.4. The summed E-state index contributed by atoms with van der Waals surface area (Å²) in [5, 5.41) is 7.74. The first-order valence-electron chi connectivity index (χ1n) is 9.83. The molecule has 2 rings (SSSR count). The molecule has 0 spiro atoms. The molecule has 0 fully saturated rings. The third kappa shape index (κ3) is 6.53. The number of carbonyl (C=O) groups excluding carboxylic acids is 1. The van der Waals surface area contributed by atoms with Crippen molar-refractivity contribution in [3.8, 4) is 5.75 Å². The Morgan fingerprint density at radius 2 is 2.27 bits per heavy atom. The number of oxime groups is 1. The second-order valence-corrected chi connectivity index (χ2v) is 8.51. The van der Waals surface area contributed by atoms with Gasteiger partial charge in [-0.1, -0.05) is 18.5 Å². The first kappa shape index (κ1) is 24.3. The number of aliphatic imine (C=N–C) groups is 1. The van der Waals surface area contributed by atoms with Gasteiger partial charge in [0.2, 0.25) is 5.91 Å². The Kier molecular flexibility index (Phi) is 9.29. The van der Waals surface area contributed by atoms with E-state index >= 15 is 0 Å². The fraction of sp³-hybridized carbons (Fsp3) is 0.600. The van der Waals surface area contributed by atoms with Gasteiger partial charge in [0.25, 0.3) is 0 Å². The normalized spacial score (nSPS) is 19.9. The van der Waals surface area contributed by atoms with Crippen molar-refractivity contribution in [2.45, 2.75) is 51.6 Å². The van der Waals surface area contributed by atoms with Gasteiger partial charge in [-0.25, -0.2) is 4.79 Å². The number of nitrogens with zero attached hydrogens (tertiary/aromatic N) is 2. The summed E-state index contributed by atoms with van der Waals surface area (Å²) in [7, 11) is 1.48. The number of thioether (sulfide) groups is 1. The third-order valence-corrected chi connectivity index (χ3v) is 6.14. The van der Waals surface area contributed by atoms with Crippen LogP contribution < -0.4 is 15.7 Å². The molecule has 1 aliphatic rings. The van der Waals surface area contributed by atoms with Crippen LogP contribution in [-0.2, 0) is 9.63 Å². The Balaban J connectivity index is 2.14. The maximum atomic E-state index is 13.1. The van der Waals surface area contributed by atoms with Gasteiger partial charge in [-0.3, -0.25) is 9.79 Å². The van der Waals surface area contributed by atoms with E-state index in [0.717, 1.165) is 18.6 Å². The molecule has 2 heterocycles. The van der Waals surface area contributed by atoms with Gasteiger partial charge in [0.05, 0.1) is 19.2 Å². The molecule has 0 saturated heterocycles. The van der Waals surface area contributed by atoms with E-state index in [2.05, 4.69) is 28.1 Å². The number of methoxy groups -OCH3 is 1. The van der Waals surface area contributed by atoms with Crippen molar-refractivity contribution >= 4 is 41.1 Å². The molecule has 2 atom stereocenters. The molecule has 2 unspecified atom stereocenters. The molecule has 1 aromatic heterocycles. The molecule has 0 radical (unpaired) electrons. The highest BCUT2D eigenvalue weighted by Crippen LogP contribution is 2.30. The van der Waals surface area contributed by atoms with E-state index in [4.69, 9.17) is 14.0 Å². The van der Waals surface area contributed by atoms with Crippen molar-refractivity contribution in [3.63, 3.8) is 0 Å². The number of thiol groups is 1. The standard InChI is InChI=1S/C20H29N3O5S2/c1-5-7-15(16-10-14(26-4)11-17(24)28-16)21-19(25)20(3)12-30-18(22-20)13(2)23-27-8-6-9-29/h10-11,15,29H,5-9,12H2,1-4H3,(H,21,25)/b23-13+. The number of hydrogen-bond acceptors (Lipinski definition) is 9. The van der Waals surface area contributed by atoms with E-state index in [-0.39, 0.29) is 5.91 Å². The van der Waals surface area contributed by atoms with Crippen LogP contribution in [0.5, 0.6) is 5.75 Å². The van der Waals surface area contributed by atoms with E-state index in [1.54, 1.807) is 19.9 Å². The summed E-state index contributed by atoms with van der Waals surface area (Å²) in [6, 6.07) is 2.44. The predicted molar refractivity (Wildman–Crippen MR) is 123 cm³/mol. The molecule has 10 heteroatoms. The van der Waals surface area contributed by atoms with Crippen LogP contribution in [-0.4, -0.2) is 47.4 Å².